The molecule has 132 valence electrons. The van der Waals surface area contributed by atoms with E-state index in [9.17, 15) is 10.1 Å². The fourth-order valence-electron chi connectivity index (χ4n) is 3.62. The van der Waals surface area contributed by atoms with Crippen molar-refractivity contribution in [3.8, 4) is 0 Å². The van der Waals surface area contributed by atoms with Gasteiger partial charge in [0, 0.05) is 55.2 Å². The van der Waals surface area contributed by atoms with Gasteiger partial charge in [-0.25, -0.2) is 0 Å². The number of pyridine rings is 1. The molecule has 0 amide bonds. The second-order valence-electron chi connectivity index (χ2n) is 6.66. The first-order chi connectivity index (χ1) is 12.7. The number of rotatable bonds is 5. The highest BCUT2D eigenvalue weighted by Gasteiger charge is 2.23. The number of nitro benzene ring substituents is 1. The Morgan fingerprint density at radius 1 is 1.15 bits per heavy atom. The standard InChI is InChI=1S/C20H20N4O2/c25-24(26)20-7-6-19(17-8-10-21-12-18(17)20)22-16-9-11-23(14-16)13-15-4-2-1-3-5-15/h1-8,10,12,16,22H,9,11,13-14H2/t16-/m0/s1. The monoisotopic (exact) mass is 348 g/mol. The molecule has 6 nitrogen and oxygen atoms in total. The fourth-order valence-corrected chi connectivity index (χ4v) is 3.62. The van der Waals surface area contributed by atoms with Crippen LogP contribution >= 0.6 is 0 Å². The highest BCUT2D eigenvalue weighted by Crippen LogP contribution is 2.31. The summed E-state index contributed by atoms with van der Waals surface area (Å²) in [6.45, 7) is 2.95. The van der Waals surface area contributed by atoms with E-state index in [4.69, 9.17) is 0 Å². The summed E-state index contributed by atoms with van der Waals surface area (Å²) in [5.74, 6) is 0. The maximum atomic E-state index is 11.2. The van der Waals surface area contributed by atoms with Crippen LogP contribution in [0.5, 0.6) is 0 Å². The highest BCUT2D eigenvalue weighted by molar-refractivity contribution is 5.99. The zero-order chi connectivity index (χ0) is 17.9. The Hall–Kier alpha value is -2.99. The van der Waals surface area contributed by atoms with Crippen LogP contribution in [-0.2, 0) is 6.54 Å². The molecule has 0 bridgehead atoms. The molecule has 1 aliphatic rings. The van der Waals surface area contributed by atoms with Gasteiger partial charge in [0.2, 0.25) is 0 Å². The van der Waals surface area contributed by atoms with Gasteiger partial charge in [-0.3, -0.25) is 20.0 Å². The Balaban J connectivity index is 1.50. The molecule has 1 fully saturated rings. The predicted octanol–water partition coefficient (Wildman–Crippen LogP) is 3.83. The fraction of sp³-hybridized carbons (Fsp3) is 0.250. The zero-order valence-corrected chi connectivity index (χ0v) is 14.3. The van der Waals surface area contributed by atoms with Crippen LogP contribution in [0.4, 0.5) is 11.4 Å². The van der Waals surface area contributed by atoms with Gasteiger partial charge < -0.3 is 5.32 Å². The van der Waals surface area contributed by atoms with Crippen LogP contribution in [0.3, 0.4) is 0 Å². The molecular weight excluding hydrogens is 328 g/mol. The molecule has 3 aromatic rings. The molecule has 0 spiro atoms. The van der Waals surface area contributed by atoms with Gasteiger partial charge in [0.1, 0.15) is 0 Å². The third-order valence-electron chi connectivity index (χ3n) is 4.87. The molecule has 6 heteroatoms. The van der Waals surface area contributed by atoms with Crippen LogP contribution in [0.1, 0.15) is 12.0 Å². The van der Waals surface area contributed by atoms with Crippen LogP contribution in [0.25, 0.3) is 10.8 Å². The van der Waals surface area contributed by atoms with Crippen molar-refractivity contribution in [1.82, 2.24) is 9.88 Å². The van der Waals surface area contributed by atoms with Crippen molar-refractivity contribution in [3.05, 3.63) is 76.6 Å². The normalized spacial score (nSPS) is 17.5. The molecule has 1 aromatic heterocycles. The van der Waals surface area contributed by atoms with Crippen molar-refractivity contribution >= 4 is 22.1 Å². The Kier molecular flexibility index (Phi) is 4.50. The first-order valence-electron chi connectivity index (χ1n) is 8.74. The highest BCUT2D eigenvalue weighted by atomic mass is 16.6. The van der Waals surface area contributed by atoms with Gasteiger partial charge in [0.05, 0.1) is 10.3 Å². The number of non-ortho nitro benzene ring substituents is 1. The van der Waals surface area contributed by atoms with E-state index < -0.39 is 0 Å². The van der Waals surface area contributed by atoms with Gasteiger partial charge in [-0.15, -0.1) is 0 Å². The Morgan fingerprint density at radius 3 is 2.81 bits per heavy atom. The number of hydrogen-bond acceptors (Lipinski definition) is 5. The Labute approximate surface area is 151 Å². The lowest BCUT2D eigenvalue weighted by molar-refractivity contribution is -0.383. The summed E-state index contributed by atoms with van der Waals surface area (Å²) in [5, 5.41) is 16.2. The molecule has 1 aliphatic heterocycles. The molecule has 2 aromatic carbocycles. The van der Waals surface area contributed by atoms with E-state index >= 15 is 0 Å². The van der Waals surface area contributed by atoms with Gasteiger partial charge in [0.25, 0.3) is 5.69 Å². The van der Waals surface area contributed by atoms with Gasteiger partial charge in [-0.05, 0) is 24.1 Å². The topological polar surface area (TPSA) is 71.3 Å². The molecule has 0 saturated carbocycles. The molecule has 1 atom stereocenters. The number of nitrogens with zero attached hydrogens (tertiary/aromatic N) is 3. The second kappa shape index (κ2) is 7.09. The van der Waals surface area contributed by atoms with E-state index in [0.717, 1.165) is 37.1 Å². The summed E-state index contributed by atoms with van der Waals surface area (Å²) in [4.78, 5) is 17.4. The summed E-state index contributed by atoms with van der Waals surface area (Å²) < 4.78 is 0. The van der Waals surface area contributed by atoms with Crippen molar-refractivity contribution in [2.45, 2.75) is 19.0 Å². The number of nitro groups is 1. The van der Waals surface area contributed by atoms with Gasteiger partial charge in [0.15, 0.2) is 0 Å². The van der Waals surface area contributed by atoms with Crippen LogP contribution in [-0.4, -0.2) is 33.9 Å². The maximum absolute atomic E-state index is 11.2. The number of aromatic nitrogens is 1. The second-order valence-corrected chi connectivity index (χ2v) is 6.66. The van der Waals surface area contributed by atoms with E-state index in [-0.39, 0.29) is 10.6 Å². The average molecular weight is 348 g/mol. The maximum Gasteiger partial charge on any atom is 0.278 e. The Morgan fingerprint density at radius 2 is 2.00 bits per heavy atom. The molecule has 2 heterocycles. The molecule has 1 N–H and O–H groups in total. The lowest BCUT2D eigenvalue weighted by atomic mass is 10.1. The number of likely N-dealkylation sites (tertiary alicyclic amines) is 1. The summed E-state index contributed by atoms with van der Waals surface area (Å²) >= 11 is 0. The van der Waals surface area contributed by atoms with Crippen molar-refractivity contribution in [1.29, 1.82) is 0 Å². The predicted molar refractivity (Wildman–Crippen MR) is 102 cm³/mol. The lowest BCUT2D eigenvalue weighted by Crippen LogP contribution is -2.26. The molecular formula is C20H20N4O2. The quantitative estimate of drug-likeness (QED) is 0.560. The van der Waals surface area contributed by atoms with E-state index in [1.54, 1.807) is 24.5 Å². The lowest BCUT2D eigenvalue weighted by Gasteiger charge is -2.18. The molecule has 0 radical (unpaired) electrons. The minimum Gasteiger partial charge on any atom is -0.380 e. The van der Waals surface area contributed by atoms with Gasteiger partial charge >= 0.3 is 0 Å². The number of benzene rings is 2. The molecule has 1 saturated heterocycles. The largest absolute Gasteiger partial charge is 0.380 e. The SMILES string of the molecule is O=[N+]([O-])c1ccc(N[C@H]2CCN(Cc3ccccc3)C2)c2ccncc12. The van der Waals surface area contributed by atoms with Crippen LogP contribution < -0.4 is 5.32 Å². The number of fused-ring (bicyclic) bond motifs is 1. The van der Waals surface area contributed by atoms with Gasteiger partial charge in [-0.1, -0.05) is 30.3 Å². The molecule has 0 unspecified atom stereocenters. The van der Waals surface area contributed by atoms with E-state index in [1.165, 1.54) is 5.56 Å². The zero-order valence-electron chi connectivity index (χ0n) is 14.3. The smallest absolute Gasteiger partial charge is 0.278 e. The van der Waals surface area contributed by atoms with E-state index in [1.807, 2.05) is 12.1 Å². The minimum absolute atomic E-state index is 0.0933. The van der Waals surface area contributed by atoms with Crippen LogP contribution in [0.2, 0.25) is 0 Å². The van der Waals surface area contributed by atoms with Crippen molar-refractivity contribution in [2.24, 2.45) is 0 Å². The van der Waals surface area contributed by atoms with Crippen molar-refractivity contribution < 1.29 is 4.92 Å². The molecule has 4 rings (SSSR count). The number of hydrogen-bond donors (Lipinski definition) is 1. The third-order valence-corrected chi connectivity index (χ3v) is 4.87. The Bertz CT molecular complexity index is 930. The minimum atomic E-state index is -0.356. The number of anilines is 1. The molecule has 26 heavy (non-hydrogen) atoms. The van der Waals surface area contributed by atoms with Crippen LogP contribution in [0.15, 0.2) is 60.9 Å². The van der Waals surface area contributed by atoms with Gasteiger partial charge in [-0.2, -0.15) is 0 Å². The van der Waals surface area contributed by atoms with E-state index in [2.05, 4.69) is 39.5 Å². The summed E-state index contributed by atoms with van der Waals surface area (Å²) in [7, 11) is 0. The molecule has 0 aliphatic carbocycles. The number of nitrogens with one attached hydrogen (secondary N) is 1. The van der Waals surface area contributed by atoms with Crippen molar-refractivity contribution in [2.75, 3.05) is 18.4 Å². The third kappa shape index (κ3) is 3.36. The van der Waals surface area contributed by atoms with Crippen LogP contribution in [0, 0.1) is 10.1 Å². The summed E-state index contributed by atoms with van der Waals surface area (Å²) in [5.41, 5.74) is 2.34. The summed E-state index contributed by atoms with van der Waals surface area (Å²) in [6.07, 6.45) is 4.29. The first kappa shape index (κ1) is 16.5. The summed E-state index contributed by atoms with van der Waals surface area (Å²) in [6, 6.07) is 16.0. The first-order valence-corrected chi connectivity index (χ1v) is 8.74. The van der Waals surface area contributed by atoms with Crippen molar-refractivity contribution in [3.63, 3.8) is 0 Å². The average Bonchev–Trinajstić information content (AvgIpc) is 3.09. The van der Waals surface area contributed by atoms with E-state index in [0.29, 0.717) is 11.4 Å².